The van der Waals surface area contributed by atoms with Crippen molar-refractivity contribution in [1.82, 2.24) is 14.2 Å². The number of primary sulfonamides is 1. The third-order valence-corrected chi connectivity index (χ3v) is 7.23. The first-order chi connectivity index (χ1) is 14.6. The Bertz CT molecular complexity index is 1520. The van der Waals surface area contributed by atoms with E-state index in [0.717, 1.165) is 4.09 Å². The van der Waals surface area contributed by atoms with E-state index in [1.165, 1.54) is 30.6 Å². The molecule has 12 heteroatoms. The fourth-order valence-corrected chi connectivity index (χ4v) is 5.34. The second kappa shape index (κ2) is 7.61. The van der Waals surface area contributed by atoms with Crippen molar-refractivity contribution in [3.63, 3.8) is 0 Å². The number of rotatable bonds is 5. The smallest absolute Gasteiger partial charge is 0.283 e. The van der Waals surface area contributed by atoms with Gasteiger partial charge in [0, 0.05) is 28.4 Å². The molecule has 4 N–H and O–H groups in total. The molecule has 31 heavy (non-hydrogen) atoms. The molecular weight excluding hydrogens is 462 g/mol. The summed E-state index contributed by atoms with van der Waals surface area (Å²) in [6, 6.07) is 12.6. The average Bonchev–Trinajstić information content (AvgIpc) is 3.15. The highest BCUT2D eigenvalue weighted by Gasteiger charge is 2.22. The third-order valence-electron chi connectivity index (χ3n) is 4.56. The molecule has 0 aliphatic rings. The molecule has 0 saturated carbocycles. The van der Waals surface area contributed by atoms with Crippen molar-refractivity contribution in [3.05, 3.63) is 71.6 Å². The molecule has 0 unspecified atom stereocenters. The van der Waals surface area contributed by atoms with Gasteiger partial charge in [0.15, 0.2) is 0 Å². The monoisotopic (exact) mass is 477 g/mol. The molecule has 0 fully saturated rings. The van der Waals surface area contributed by atoms with Gasteiger partial charge in [-0.2, -0.15) is 17.6 Å². The number of nitrogens with zero attached hydrogens (tertiary/aromatic N) is 3. The maximum absolute atomic E-state index is 13.1. The Kier molecular flexibility index (Phi) is 5.21. The summed E-state index contributed by atoms with van der Waals surface area (Å²) < 4.78 is 50.0. The molecule has 0 saturated heterocycles. The first kappa shape index (κ1) is 21.2. The number of hydrogen-bond donors (Lipinski definition) is 2. The highest BCUT2D eigenvalue weighted by atomic mass is 35.5. The molecule has 2 aromatic carbocycles. The van der Waals surface area contributed by atoms with Gasteiger partial charge in [-0.05, 0) is 35.9 Å². The Labute approximate surface area is 183 Å². The second-order valence-corrected chi connectivity index (χ2v) is 10.5. The van der Waals surface area contributed by atoms with E-state index in [1.807, 2.05) is 0 Å². The summed E-state index contributed by atoms with van der Waals surface area (Å²) in [7, 11) is -7.79. The first-order valence-corrected chi connectivity index (χ1v) is 12.3. The Balaban J connectivity index is 1.89. The van der Waals surface area contributed by atoms with Crippen molar-refractivity contribution in [2.24, 2.45) is 5.14 Å². The number of benzene rings is 2. The van der Waals surface area contributed by atoms with Crippen LogP contribution < -0.4 is 10.9 Å². The molecule has 2 heterocycles. The molecular formula is C19H16ClN5O4S2. The number of pyridine rings is 1. The van der Waals surface area contributed by atoms with Gasteiger partial charge in [-0.25, -0.2) is 18.5 Å². The molecule has 4 aromatic rings. The molecule has 9 nitrogen and oxygen atoms in total. The molecule has 0 aliphatic heterocycles. The highest BCUT2D eigenvalue weighted by Crippen LogP contribution is 2.32. The molecule has 0 atom stereocenters. The lowest BCUT2D eigenvalue weighted by Gasteiger charge is -2.10. The van der Waals surface area contributed by atoms with Crippen LogP contribution in [0, 0.1) is 0 Å². The summed E-state index contributed by atoms with van der Waals surface area (Å²) in [5, 5.41) is 9.61. The van der Waals surface area contributed by atoms with Crippen LogP contribution >= 0.6 is 11.6 Å². The van der Waals surface area contributed by atoms with E-state index in [-0.39, 0.29) is 21.1 Å². The number of aromatic nitrogens is 3. The van der Waals surface area contributed by atoms with Crippen molar-refractivity contribution in [2.45, 2.75) is 10.6 Å². The minimum Gasteiger partial charge on any atom is -0.398 e. The number of fused-ring (bicyclic) bond motifs is 1. The van der Waals surface area contributed by atoms with Gasteiger partial charge in [-0.1, -0.05) is 29.8 Å². The van der Waals surface area contributed by atoms with Gasteiger partial charge in [0.05, 0.1) is 22.4 Å². The quantitative estimate of drug-likeness (QED) is 0.330. The summed E-state index contributed by atoms with van der Waals surface area (Å²) in [5.41, 5.74) is 7.92. The van der Waals surface area contributed by atoms with Crippen LogP contribution in [0.4, 0.5) is 5.69 Å². The lowest BCUT2D eigenvalue weighted by Crippen LogP contribution is -2.15. The number of nitrogens with two attached hydrogens (primary N) is 2. The highest BCUT2D eigenvalue weighted by molar-refractivity contribution is 7.90. The van der Waals surface area contributed by atoms with E-state index in [1.54, 1.807) is 30.3 Å². The van der Waals surface area contributed by atoms with Crippen LogP contribution in [0.5, 0.6) is 0 Å². The Hall–Kier alpha value is -2.99. The molecule has 0 radical (unpaired) electrons. The van der Waals surface area contributed by atoms with Gasteiger partial charge in [0.1, 0.15) is 5.15 Å². The number of halogens is 1. The maximum Gasteiger partial charge on any atom is 0.283 e. The normalized spacial score (nSPS) is 12.3. The summed E-state index contributed by atoms with van der Waals surface area (Å²) in [6.45, 7) is 0. The molecule has 0 amide bonds. The third kappa shape index (κ3) is 4.12. The van der Waals surface area contributed by atoms with E-state index < -0.39 is 25.8 Å². The maximum atomic E-state index is 13.1. The molecule has 0 aliphatic carbocycles. The summed E-state index contributed by atoms with van der Waals surface area (Å²) in [4.78, 5) is 4.10. The lowest BCUT2D eigenvalue weighted by molar-refractivity contribution is 0.582. The first-order valence-electron chi connectivity index (χ1n) is 8.79. The van der Waals surface area contributed by atoms with E-state index >= 15 is 0 Å². The molecule has 160 valence electrons. The number of anilines is 1. The number of sulfonamides is 1. The van der Waals surface area contributed by atoms with Gasteiger partial charge in [-0.3, -0.25) is 0 Å². The number of nitrogen functional groups attached to an aromatic ring is 1. The minimum absolute atomic E-state index is 0.00326. The van der Waals surface area contributed by atoms with Crippen molar-refractivity contribution in [1.29, 1.82) is 0 Å². The van der Waals surface area contributed by atoms with Crippen LogP contribution in [0.2, 0.25) is 5.15 Å². The van der Waals surface area contributed by atoms with E-state index in [2.05, 4.69) is 10.1 Å². The van der Waals surface area contributed by atoms with Crippen molar-refractivity contribution < 1.29 is 16.8 Å². The number of hydrogen-bond acceptors (Lipinski definition) is 7. The van der Waals surface area contributed by atoms with Gasteiger partial charge in [0.2, 0.25) is 10.0 Å². The predicted octanol–water partition coefficient (Wildman–Crippen LogP) is 2.36. The summed E-state index contributed by atoms with van der Waals surface area (Å²) >= 11 is 6.00. The largest absolute Gasteiger partial charge is 0.398 e. The fourth-order valence-electron chi connectivity index (χ4n) is 3.15. The Morgan fingerprint density at radius 1 is 0.968 bits per heavy atom. The van der Waals surface area contributed by atoms with Crippen molar-refractivity contribution in [2.75, 3.05) is 5.73 Å². The Morgan fingerprint density at radius 3 is 2.35 bits per heavy atom. The van der Waals surface area contributed by atoms with Crippen LogP contribution in [0.15, 0.2) is 65.8 Å². The predicted molar refractivity (Wildman–Crippen MR) is 118 cm³/mol. The van der Waals surface area contributed by atoms with Gasteiger partial charge < -0.3 is 5.73 Å². The van der Waals surface area contributed by atoms with Gasteiger partial charge in [0.25, 0.3) is 10.0 Å². The molecule has 2 aromatic heterocycles. The van der Waals surface area contributed by atoms with E-state index in [0.29, 0.717) is 22.2 Å². The summed E-state index contributed by atoms with van der Waals surface area (Å²) in [6.07, 6.45) is 2.81. The Morgan fingerprint density at radius 2 is 1.68 bits per heavy atom. The second-order valence-electron chi connectivity index (χ2n) is 6.79. The zero-order valence-electron chi connectivity index (χ0n) is 15.8. The molecule has 0 spiro atoms. The van der Waals surface area contributed by atoms with Crippen molar-refractivity contribution >= 4 is 48.2 Å². The van der Waals surface area contributed by atoms with E-state index in [4.69, 9.17) is 22.5 Å². The molecule has 4 rings (SSSR count). The van der Waals surface area contributed by atoms with Crippen LogP contribution in [0.1, 0.15) is 5.56 Å². The topological polar surface area (TPSA) is 151 Å². The van der Waals surface area contributed by atoms with Gasteiger partial charge in [-0.15, -0.1) is 0 Å². The van der Waals surface area contributed by atoms with Crippen LogP contribution in [0.3, 0.4) is 0 Å². The SMILES string of the molecule is Nc1cc(-c2cnc(Cl)c(CS(N)(=O)=O)c2)cc2c1cnn2S(=O)(=O)c1ccccc1. The summed E-state index contributed by atoms with van der Waals surface area (Å²) in [5.74, 6) is -0.495. The van der Waals surface area contributed by atoms with E-state index in [9.17, 15) is 16.8 Å². The zero-order valence-corrected chi connectivity index (χ0v) is 18.2. The standard InChI is InChI=1S/C19H16ClN5O4S2/c20-19-14(11-30(22,26)27)6-13(9-23-19)12-7-17(21)16-10-24-25(18(16)8-12)31(28,29)15-4-2-1-3-5-15/h1-10H,11,21H2,(H2,22,26,27). The van der Waals surface area contributed by atoms with Crippen LogP contribution in [-0.4, -0.2) is 31.0 Å². The lowest BCUT2D eigenvalue weighted by atomic mass is 10.0. The zero-order chi connectivity index (χ0) is 22.4. The van der Waals surface area contributed by atoms with Crippen molar-refractivity contribution in [3.8, 4) is 11.1 Å². The molecule has 0 bridgehead atoms. The van der Waals surface area contributed by atoms with Crippen LogP contribution in [-0.2, 0) is 25.8 Å². The minimum atomic E-state index is -3.96. The fraction of sp³-hybridized carbons (Fsp3) is 0.0526. The average molecular weight is 478 g/mol. The van der Waals surface area contributed by atoms with Crippen LogP contribution in [0.25, 0.3) is 22.0 Å². The van der Waals surface area contributed by atoms with Gasteiger partial charge >= 0.3 is 0 Å².